The third kappa shape index (κ3) is 2.37. The maximum Gasteiger partial charge on any atom is 0.410 e. The highest BCUT2D eigenvalue weighted by atomic mass is 16.6. The molecule has 0 aromatic carbocycles. The van der Waals surface area contributed by atoms with E-state index in [-0.39, 0.29) is 12.1 Å². The summed E-state index contributed by atoms with van der Waals surface area (Å²) in [6.45, 7) is 11.4. The van der Waals surface area contributed by atoms with Gasteiger partial charge in [-0.3, -0.25) is 4.90 Å². The normalized spacial score (nSPS) is 19.6. The summed E-state index contributed by atoms with van der Waals surface area (Å²) in [6, 6.07) is 4.27. The van der Waals surface area contributed by atoms with Gasteiger partial charge in [-0.05, 0) is 46.8 Å². The summed E-state index contributed by atoms with van der Waals surface area (Å²) in [6.07, 6.45) is -0.222. The molecule has 1 atom stereocenters. The lowest BCUT2D eigenvalue weighted by Gasteiger charge is -2.36. The van der Waals surface area contributed by atoms with Crippen LogP contribution in [0.1, 0.15) is 45.1 Å². The molecular formula is C14H22N2O2. The predicted octanol–water partition coefficient (Wildman–Crippen LogP) is 3.11. The third-order valence-electron chi connectivity index (χ3n) is 3.32. The molecule has 100 valence electrons. The minimum Gasteiger partial charge on any atom is -0.444 e. The van der Waals surface area contributed by atoms with E-state index in [1.807, 2.05) is 27.7 Å². The van der Waals surface area contributed by atoms with Crippen LogP contribution in [0.4, 0.5) is 4.79 Å². The van der Waals surface area contributed by atoms with Crippen LogP contribution in [0.5, 0.6) is 0 Å². The fourth-order valence-corrected chi connectivity index (χ4v) is 2.39. The summed E-state index contributed by atoms with van der Waals surface area (Å²) >= 11 is 0. The largest absolute Gasteiger partial charge is 0.444 e. The van der Waals surface area contributed by atoms with Crippen molar-refractivity contribution in [2.24, 2.45) is 0 Å². The van der Waals surface area contributed by atoms with Gasteiger partial charge in [0.05, 0.1) is 6.04 Å². The molecule has 0 fully saturated rings. The van der Waals surface area contributed by atoms with Gasteiger partial charge in [-0.1, -0.05) is 0 Å². The first-order chi connectivity index (χ1) is 8.29. The molecule has 1 aromatic rings. The number of rotatable bonds is 0. The number of ether oxygens (including phenoxy) is 1. The van der Waals surface area contributed by atoms with Crippen molar-refractivity contribution in [2.75, 3.05) is 6.54 Å². The van der Waals surface area contributed by atoms with Crippen LogP contribution in [0.15, 0.2) is 12.1 Å². The molecule has 18 heavy (non-hydrogen) atoms. The molecule has 0 saturated carbocycles. The van der Waals surface area contributed by atoms with Gasteiger partial charge in [-0.25, -0.2) is 4.79 Å². The number of nitrogens with zero attached hydrogens (tertiary/aromatic N) is 2. The van der Waals surface area contributed by atoms with Gasteiger partial charge in [0.2, 0.25) is 0 Å². The molecule has 0 unspecified atom stereocenters. The van der Waals surface area contributed by atoms with E-state index in [4.69, 9.17) is 4.74 Å². The second-order valence-electron chi connectivity index (χ2n) is 5.90. The number of carbonyl (C=O) groups is 1. The lowest BCUT2D eigenvalue weighted by atomic mass is 10.1. The Bertz CT molecular complexity index is 457. The Morgan fingerprint density at radius 2 is 2.00 bits per heavy atom. The first-order valence-corrected chi connectivity index (χ1v) is 6.45. The SMILES string of the molecule is Cc1ccc2n1CCN(C(=O)OC(C)(C)C)[C@H]2C. The van der Waals surface area contributed by atoms with Crippen LogP contribution in [-0.4, -0.2) is 27.7 Å². The molecule has 1 aromatic heterocycles. The quantitative estimate of drug-likeness (QED) is 0.709. The van der Waals surface area contributed by atoms with Crippen LogP contribution in [0.3, 0.4) is 0 Å². The first-order valence-electron chi connectivity index (χ1n) is 6.45. The van der Waals surface area contributed by atoms with Crippen LogP contribution in [-0.2, 0) is 11.3 Å². The summed E-state index contributed by atoms with van der Waals surface area (Å²) in [4.78, 5) is 13.9. The topological polar surface area (TPSA) is 34.5 Å². The molecule has 4 nitrogen and oxygen atoms in total. The third-order valence-corrected chi connectivity index (χ3v) is 3.32. The second kappa shape index (κ2) is 4.34. The van der Waals surface area contributed by atoms with Crippen molar-refractivity contribution in [1.29, 1.82) is 0 Å². The predicted molar refractivity (Wildman–Crippen MR) is 70.5 cm³/mol. The van der Waals surface area contributed by atoms with E-state index in [2.05, 4.69) is 23.6 Å². The van der Waals surface area contributed by atoms with E-state index in [0.717, 1.165) is 6.54 Å². The van der Waals surface area contributed by atoms with Crippen LogP contribution in [0, 0.1) is 6.92 Å². The standard InChI is InChI=1S/C14H22N2O2/c1-10-6-7-12-11(2)16(9-8-15(10)12)13(17)18-14(3,4)5/h6-7,11H,8-9H2,1-5H3/t11-/m0/s1. The summed E-state index contributed by atoms with van der Waals surface area (Å²) in [5, 5.41) is 0. The number of aromatic nitrogens is 1. The summed E-state index contributed by atoms with van der Waals surface area (Å²) in [5.74, 6) is 0. The smallest absolute Gasteiger partial charge is 0.410 e. The number of carbonyl (C=O) groups excluding carboxylic acids is 1. The van der Waals surface area contributed by atoms with Crippen LogP contribution < -0.4 is 0 Å². The molecule has 1 aliphatic rings. The van der Waals surface area contributed by atoms with E-state index in [9.17, 15) is 4.79 Å². The fraction of sp³-hybridized carbons (Fsp3) is 0.643. The molecule has 2 rings (SSSR count). The van der Waals surface area contributed by atoms with Crippen molar-refractivity contribution >= 4 is 6.09 Å². The molecule has 1 aliphatic heterocycles. The molecule has 0 aliphatic carbocycles. The zero-order chi connectivity index (χ0) is 13.5. The molecular weight excluding hydrogens is 228 g/mol. The van der Waals surface area contributed by atoms with Gasteiger partial charge in [-0.2, -0.15) is 0 Å². The molecule has 0 N–H and O–H groups in total. The minimum absolute atomic E-state index is 0.0716. The average Bonchev–Trinajstić information content (AvgIpc) is 2.59. The van der Waals surface area contributed by atoms with Gasteiger partial charge in [0.1, 0.15) is 5.60 Å². The maximum atomic E-state index is 12.1. The zero-order valence-corrected chi connectivity index (χ0v) is 11.9. The molecule has 2 heterocycles. The molecule has 0 saturated heterocycles. The second-order valence-corrected chi connectivity index (χ2v) is 5.90. The summed E-state index contributed by atoms with van der Waals surface area (Å²) in [5.41, 5.74) is 2.00. The van der Waals surface area contributed by atoms with E-state index in [1.165, 1.54) is 11.4 Å². The molecule has 0 radical (unpaired) electrons. The van der Waals surface area contributed by atoms with Crippen molar-refractivity contribution in [2.45, 2.75) is 52.8 Å². The Kier molecular flexibility index (Phi) is 3.13. The van der Waals surface area contributed by atoms with Crippen molar-refractivity contribution < 1.29 is 9.53 Å². The molecule has 0 spiro atoms. The monoisotopic (exact) mass is 250 g/mol. The molecule has 0 bridgehead atoms. The lowest BCUT2D eigenvalue weighted by molar-refractivity contribution is 0.0126. The Balaban J connectivity index is 2.17. The van der Waals surface area contributed by atoms with Crippen LogP contribution in [0.2, 0.25) is 0 Å². The highest BCUT2D eigenvalue weighted by molar-refractivity contribution is 5.69. The Morgan fingerprint density at radius 1 is 1.33 bits per heavy atom. The highest BCUT2D eigenvalue weighted by Crippen LogP contribution is 2.28. The molecule has 4 heteroatoms. The van der Waals surface area contributed by atoms with Gasteiger partial charge in [-0.15, -0.1) is 0 Å². The zero-order valence-electron chi connectivity index (χ0n) is 11.9. The minimum atomic E-state index is -0.438. The number of amides is 1. The maximum absolute atomic E-state index is 12.1. The number of hydrogen-bond acceptors (Lipinski definition) is 2. The van der Waals surface area contributed by atoms with E-state index < -0.39 is 5.60 Å². The van der Waals surface area contributed by atoms with E-state index in [0.29, 0.717) is 6.54 Å². The van der Waals surface area contributed by atoms with Gasteiger partial charge in [0, 0.05) is 24.5 Å². The van der Waals surface area contributed by atoms with Crippen molar-refractivity contribution in [3.63, 3.8) is 0 Å². The fourth-order valence-electron chi connectivity index (χ4n) is 2.39. The Morgan fingerprint density at radius 3 is 2.61 bits per heavy atom. The van der Waals surface area contributed by atoms with E-state index in [1.54, 1.807) is 4.90 Å². The van der Waals surface area contributed by atoms with Gasteiger partial charge >= 0.3 is 6.09 Å². The van der Waals surface area contributed by atoms with Crippen LogP contribution in [0.25, 0.3) is 0 Å². The number of hydrogen-bond donors (Lipinski definition) is 0. The van der Waals surface area contributed by atoms with Crippen molar-refractivity contribution in [3.05, 3.63) is 23.5 Å². The average molecular weight is 250 g/mol. The molecule has 1 amide bonds. The number of aryl methyl sites for hydroxylation is 1. The Labute approximate surface area is 109 Å². The van der Waals surface area contributed by atoms with Crippen LogP contribution >= 0.6 is 0 Å². The van der Waals surface area contributed by atoms with Crippen molar-refractivity contribution in [3.8, 4) is 0 Å². The van der Waals surface area contributed by atoms with Gasteiger partial charge < -0.3 is 9.30 Å². The summed E-state index contributed by atoms with van der Waals surface area (Å²) in [7, 11) is 0. The van der Waals surface area contributed by atoms with Gasteiger partial charge in [0.25, 0.3) is 0 Å². The summed E-state index contributed by atoms with van der Waals surface area (Å²) < 4.78 is 7.72. The lowest BCUT2D eigenvalue weighted by Crippen LogP contribution is -2.43. The van der Waals surface area contributed by atoms with E-state index >= 15 is 0 Å². The first kappa shape index (κ1) is 13.0. The van der Waals surface area contributed by atoms with Gasteiger partial charge in [0.15, 0.2) is 0 Å². The highest BCUT2D eigenvalue weighted by Gasteiger charge is 2.31. The Hall–Kier alpha value is -1.45. The van der Waals surface area contributed by atoms with Crippen molar-refractivity contribution in [1.82, 2.24) is 9.47 Å². The number of fused-ring (bicyclic) bond motifs is 1.